The normalized spacial score (nSPS) is 32.2. The van der Waals surface area contributed by atoms with Crippen molar-refractivity contribution in [3.8, 4) is 0 Å². The van der Waals surface area contributed by atoms with Crippen molar-refractivity contribution in [2.45, 2.75) is 18.9 Å². The number of hydrogen-bond acceptors (Lipinski definition) is 4. The van der Waals surface area contributed by atoms with Gasteiger partial charge in [0.1, 0.15) is 6.04 Å². The van der Waals surface area contributed by atoms with E-state index in [0.717, 1.165) is 16.8 Å². The van der Waals surface area contributed by atoms with Crippen LogP contribution in [0.3, 0.4) is 0 Å². The van der Waals surface area contributed by atoms with Crippen LogP contribution in [0, 0.1) is 11.8 Å². The van der Waals surface area contributed by atoms with Crippen molar-refractivity contribution in [3.05, 3.63) is 47.2 Å². The second-order valence-electron chi connectivity index (χ2n) is 6.22. The monoisotopic (exact) mass is 311 g/mol. The Morgan fingerprint density at radius 3 is 2.87 bits per heavy atom. The molecule has 2 aliphatic heterocycles. The van der Waals surface area contributed by atoms with E-state index in [0.29, 0.717) is 13.0 Å². The highest BCUT2D eigenvalue weighted by molar-refractivity contribution is 6.03. The van der Waals surface area contributed by atoms with Gasteiger partial charge in [-0.3, -0.25) is 19.7 Å². The van der Waals surface area contributed by atoms with Gasteiger partial charge in [-0.25, -0.2) is 0 Å². The summed E-state index contributed by atoms with van der Waals surface area (Å²) in [6.07, 6.45) is 10.3. The molecular formula is C17H17N3O3. The first-order valence-electron chi connectivity index (χ1n) is 7.77. The lowest BCUT2D eigenvalue weighted by Crippen LogP contribution is -2.52. The molecule has 2 heterocycles. The Hall–Kier alpha value is -2.47. The summed E-state index contributed by atoms with van der Waals surface area (Å²) in [7, 11) is 0. The lowest BCUT2D eigenvalue weighted by molar-refractivity contribution is -0.143. The van der Waals surface area contributed by atoms with Gasteiger partial charge in [0.05, 0.1) is 5.92 Å². The first-order valence-corrected chi connectivity index (χ1v) is 7.77. The number of carbonyl (C=O) groups is 3. The fourth-order valence-corrected chi connectivity index (χ4v) is 3.87. The van der Waals surface area contributed by atoms with Crippen molar-refractivity contribution < 1.29 is 14.4 Å². The topological polar surface area (TPSA) is 92.5 Å². The Labute approximate surface area is 133 Å². The van der Waals surface area contributed by atoms with Gasteiger partial charge >= 0.3 is 0 Å². The zero-order valence-corrected chi connectivity index (χ0v) is 12.5. The molecule has 2 aliphatic carbocycles. The van der Waals surface area contributed by atoms with Crippen molar-refractivity contribution >= 4 is 17.7 Å². The molecule has 23 heavy (non-hydrogen) atoms. The van der Waals surface area contributed by atoms with Gasteiger partial charge in [0, 0.05) is 24.6 Å². The van der Waals surface area contributed by atoms with Crippen LogP contribution in [-0.2, 0) is 14.4 Å². The van der Waals surface area contributed by atoms with Crippen LogP contribution >= 0.6 is 0 Å². The van der Waals surface area contributed by atoms with E-state index in [2.05, 4.69) is 5.32 Å². The second-order valence-corrected chi connectivity index (χ2v) is 6.22. The molecule has 118 valence electrons. The number of nitrogens with one attached hydrogen (secondary N) is 1. The predicted molar refractivity (Wildman–Crippen MR) is 82.4 cm³/mol. The highest BCUT2D eigenvalue weighted by Gasteiger charge is 2.50. The van der Waals surface area contributed by atoms with Crippen LogP contribution in [0.2, 0.25) is 0 Å². The molecule has 3 atom stereocenters. The van der Waals surface area contributed by atoms with E-state index in [1.165, 1.54) is 0 Å². The van der Waals surface area contributed by atoms with Crippen molar-refractivity contribution in [3.63, 3.8) is 0 Å². The predicted octanol–water partition coefficient (Wildman–Crippen LogP) is 0.145. The number of amides is 3. The van der Waals surface area contributed by atoms with Crippen LogP contribution in [0.1, 0.15) is 12.8 Å². The smallest absolute Gasteiger partial charge is 0.249 e. The van der Waals surface area contributed by atoms with Gasteiger partial charge in [-0.2, -0.15) is 0 Å². The van der Waals surface area contributed by atoms with Gasteiger partial charge in [0.2, 0.25) is 17.7 Å². The zero-order chi connectivity index (χ0) is 16.1. The van der Waals surface area contributed by atoms with E-state index in [1.54, 1.807) is 4.90 Å². The lowest BCUT2D eigenvalue weighted by atomic mass is 9.78. The number of rotatable bonds is 2. The van der Waals surface area contributed by atoms with Crippen LogP contribution in [-0.4, -0.2) is 35.2 Å². The molecule has 2 fully saturated rings. The van der Waals surface area contributed by atoms with E-state index in [9.17, 15) is 14.4 Å². The third kappa shape index (κ3) is 2.02. The Morgan fingerprint density at radius 1 is 1.30 bits per heavy atom. The molecular weight excluding hydrogens is 294 g/mol. The van der Waals surface area contributed by atoms with Crippen molar-refractivity contribution in [1.82, 2.24) is 10.2 Å². The van der Waals surface area contributed by atoms with Gasteiger partial charge in [0.15, 0.2) is 0 Å². The maximum atomic E-state index is 12.9. The highest BCUT2D eigenvalue weighted by Crippen LogP contribution is 2.46. The summed E-state index contributed by atoms with van der Waals surface area (Å²) in [6.45, 7) is 0.380. The van der Waals surface area contributed by atoms with Crippen LogP contribution in [0.5, 0.6) is 0 Å². The molecule has 6 nitrogen and oxygen atoms in total. The lowest BCUT2D eigenvalue weighted by Gasteiger charge is -2.32. The summed E-state index contributed by atoms with van der Waals surface area (Å²) in [5, 5.41) is 2.33. The molecule has 0 spiro atoms. The van der Waals surface area contributed by atoms with Crippen LogP contribution in [0.15, 0.2) is 47.2 Å². The minimum atomic E-state index is -0.612. The molecule has 0 radical (unpaired) electrons. The Morgan fingerprint density at radius 2 is 2.13 bits per heavy atom. The van der Waals surface area contributed by atoms with Crippen LogP contribution in [0.4, 0.5) is 0 Å². The molecule has 0 saturated carbocycles. The van der Waals surface area contributed by atoms with E-state index in [-0.39, 0.29) is 30.1 Å². The van der Waals surface area contributed by atoms with E-state index < -0.39 is 11.9 Å². The van der Waals surface area contributed by atoms with Gasteiger partial charge in [0.25, 0.3) is 0 Å². The Kier molecular flexibility index (Phi) is 3.09. The molecule has 2 saturated heterocycles. The van der Waals surface area contributed by atoms with Gasteiger partial charge in [-0.15, -0.1) is 0 Å². The number of allylic oxidation sites excluding steroid dienone is 4. The number of piperidine rings is 1. The fourth-order valence-electron chi connectivity index (χ4n) is 3.87. The van der Waals surface area contributed by atoms with Gasteiger partial charge < -0.3 is 10.6 Å². The average molecular weight is 311 g/mol. The van der Waals surface area contributed by atoms with E-state index in [1.807, 2.05) is 30.4 Å². The third-order valence-electron chi connectivity index (χ3n) is 4.90. The molecule has 4 rings (SSSR count). The molecule has 0 bridgehead atoms. The number of imide groups is 1. The Bertz CT molecular complexity index is 744. The summed E-state index contributed by atoms with van der Waals surface area (Å²) < 4.78 is 0. The summed E-state index contributed by atoms with van der Waals surface area (Å²) in [4.78, 5) is 38.1. The Balaban J connectivity index is 1.75. The average Bonchev–Trinajstić information content (AvgIpc) is 2.82. The first kappa shape index (κ1) is 14.1. The number of carbonyl (C=O) groups excluding carboxylic acids is 3. The minimum Gasteiger partial charge on any atom is -0.327 e. The van der Waals surface area contributed by atoms with Crippen molar-refractivity contribution in [2.75, 3.05) is 6.54 Å². The molecule has 6 heteroatoms. The molecule has 0 aromatic rings. The highest BCUT2D eigenvalue weighted by atomic mass is 16.2. The van der Waals surface area contributed by atoms with Crippen LogP contribution in [0.25, 0.3) is 0 Å². The summed E-state index contributed by atoms with van der Waals surface area (Å²) >= 11 is 0. The molecule has 3 N–H and O–H groups in total. The molecule has 4 aliphatic rings. The van der Waals surface area contributed by atoms with Crippen molar-refractivity contribution in [1.29, 1.82) is 0 Å². The largest absolute Gasteiger partial charge is 0.327 e. The van der Waals surface area contributed by atoms with Gasteiger partial charge in [-0.1, -0.05) is 24.3 Å². The first-order chi connectivity index (χ1) is 11.1. The maximum Gasteiger partial charge on any atom is 0.249 e. The second kappa shape index (κ2) is 5.03. The quantitative estimate of drug-likeness (QED) is 0.710. The summed E-state index contributed by atoms with van der Waals surface area (Å²) in [6, 6.07) is -0.612. The fraction of sp³-hybridized carbons (Fsp3) is 0.353. The molecule has 3 amide bonds. The summed E-state index contributed by atoms with van der Waals surface area (Å²) in [5.74, 6) is -1.12. The number of nitrogens with zero attached hydrogens (tertiary/aromatic N) is 1. The molecule has 3 unspecified atom stereocenters. The SMILES string of the molecule is NCC1=CC2C(=O)N(C3CCC(=O)NC3=O)C3=CC=CC(=C1)C32. The molecule has 0 aromatic carbocycles. The number of hydrogen-bond donors (Lipinski definition) is 2. The van der Waals surface area contributed by atoms with E-state index in [4.69, 9.17) is 5.73 Å². The maximum absolute atomic E-state index is 12.9. The van der Waals surface area contributed by atoms with Gasteiger partial charge in [-0.05, 0) is 23.6 Å². The standard InChI is InChI=1S/C17H17N3O3/c18-8-9-6-10-2-1-3-12-15(10)11(7-9)17(23)20(12)13-4-5-14(21)19-16(13)22/h1-3,6-7,11,13,15H,4-5,8,18H2,(H,19,21,22). The van der Waals surface area contributed by atoms with E-state index >= 15 is 0 Å². The summed E-state index contributed by atoms with van der Waals surface area (Å²) in [5.41, 5.74) is 8.57. The number of nitrogens with two attached hydrogens (primary N) is 1. The number of likely N-dealkylation sites (tertiary alicyclic amines) is 1. The third-order valence-corrected chi connectivity index (χ3v) is 4.90. The minimum absolute atomic E-state index is 0.0479. The van der Waals surface area contributed by atoms with Crippen molar-refractivity contribution in [2.24, 2.45) is 17.6 Å². The molecule has 0 aromatic heterocycles. The zero-order valence-electron chi connectivity index (χ0n) is 12.5. The van der Waals surface area contributed by atoms with Crippen LogP contribution < -0.4 is 11.1 Å².